The lowest BCUT2D eigenvalue weighted by Crippen LogP contribution is -2.35. The van der Waals surface area contributed by atoms with Crippen LogP contribution in [-0.4, -0.2) is 46.4 Å². The van der Waals surface area contributed by atoms with E-state index in [1.165, 1.54) is 6.08 Å². The fourth-order valence-electron chi connectivity index (χ4n) is 3.48. The van der Waals surface area contributed by atoms with Crippen molar-refractivity contribution in [3.63, 3.8) is 0 Å². The van der Waals surface area contributed by atoms with Crippen LogP contribution in [0.1, 0.15) is 37.3 Å². The molecule has 0 aromatic heterocycles. The molecule has 0 radical (unpaired) electrons. The number of fused-ring (bicyclic) bond motifs is 1. The normalized spacial score (nSPS) is 17.6. The molecule has 0 spiro atoms. The van der Waals surface area contributed by atoms with E-state index < -0.39 is 23.0 Å². The van der Waals surface area contributed by atoms with Gasteiger partial charge in [-0.3, -0.25) is 10.2 Å². The van der Waals surface area contributed by atoms with E-state index in [2.05, 4.69) is 30.0 Å². The number of ether oxygens (including phenoxy) is 2. The van der Waals surface area contributed by atoms with Crippen molar-refractivity contribution in [1.82, 2.24) is 5.01 Å². The molecule has 2 aliphatic heterocycles. The number of nitrogens with one attached hydrogen (secondary N) is 1. The molecular weight excluding hydrogens is 493 g/mol. The van der Waals surface area contributed by atoms with Crippen molar-refractivity contribution in [3.05, 3.63) is 65.2 Å². The number of amides is 1. The van der Waals surface area contributed by atoms with Gasteiger partial charge in [-0.2, -0.15) is 28.3 Å². The Bertz CT molecular complexity index is 1260. The molecular formula is C25H23F3N4O3S. The Morgan fingerprint density at radius 1 is 1.11 bits per heavy atom. The van der Waals surface area contributed by atoms with Crippen LogP contribution in [0.2, 0.25) is 0 Å². The number of nitrogens with zero attached hydrogens (tertiary/aromatic N) is 3. The number of rotatable bonds is 8. The van der Waals surface area contributed by atoms with Crippen LogP contribution in [0.5, 0.6) is 11.5 Å². The first-order valence-corrected chi connectivity index (χ1v) is 12.0. The van der Waals surface area contributed by atoms with Crippen molar-refractivity contribution in [2.24, 2.45) is 10.1 Å². The second-order valence-corrected chi connectivity index (χ2v) is 8.99. The highest BCUT2D eigenvalue weighted by Gasteiger charge is 2.46. The quantitative estimate of drug-likeness (QED) is 0.352. The molecule has 0 aliphatic carbocycles. The van der Waals surface area contributed by atoms with Gasteiger partial charge in [-0.1, -0.05) is 44.2 Å². The van der Waals surface area contributed by atoms with Crippen LogP contribution in [0.4, 0.5) is 13.2 Å². The summed E-state index contributed by atoms with van der Waals surface area (Å²) in [6.45, 7) is 4.96. The lowest BCUT2D eigenvalue weighted by atomic mass is 9.98. The van der Waals surface area contributed by atoms with E-state index >= 15 is 0 Å². The van der Waals surface area contributed by atoms with E-state index in [9.17, 15) is 18.0 Å². The summed E-state index contributed by atoms with van der Waals surface area (Å²) in [6.07, 6.45) is -2.29. The molecule has 0 fully saturated rings. The molecule has 2 aromatic rings. The number of benzene rings is 2. The first-order chi connectivity index (χ1) is 17.2. The number of alkyl halides is 3. The van der Waals surface area contributed by atoms with Gasteiger partial charge in [-0.25, -0.2) is 0 Å². The van der Waals surface area contributed by atoms with Crippen LogP contribution >= 0.6 is 11.8 Å². The molecule has 11 heteroatoms. The number of hydrogen-bond donors (Lipinski definition) is 1. The SMILES string of the molecule is CC[C@@H](C)c1ccccc1OCCOc1ccc(/C=C2/C(=N)N3N=C(C(F)(F)F)SC3=NC2=O)cc1. The number of halogens is 3. The smallest absolute Gasteiger partial charge is 0.441 e. The topological polar surface area (TPSA) is 87.3 Å². The van der Waals surface area contributed by atoms with Gasteiger partial charge in [0.2, 0.25) is 10.2 Å². The summed E-state index contributed by atoms with van der Waals surface area (Å²) < 4.78 is 50.5. The fraction of sp³-hybridized carbons (Fsp3) is 0.280. The van der Waals surface area contributed by atoms with Gasteiger partial charge in [0.25, 0.3) is 5.91 Å². The minimum atomic E-state index is -4.68. The Morgan fingerprint density at radius 2 is 1.81 bits per heavy atom. The Hall–Kier alpha value is -3.60. The van der Waals surface area contributed by atoms with Crippen LogP contribution in [0.25, 0.3) is 6.08 Å². The van der Waals surface area contributed by atoms with Gasteiger partial charge in [0.15, 0.2) is 5.84 Å². The molecule has 1 N–H and O–H groups in total. The second-order valence-electron chi connectivity index (χ2n) is 8.04. The highest BCUT2D eigenvalue weighted by Crippen LogP contribution is 2.35. The zero-order valence-corrected chi connectivity index (χ0v) is 20.3. The first kappa shape index (κ1) is 25.5. The zero-order chi connectivity index (χ0) is 25.9. The third-order valence-corrected chi connectivity index (χ3v) is 6.51. The van der Waals surface area contributed by atoms with Crippen molar-refractivity contribution in [3.8, 4) is 11.5 Å². The monoisotopic (exact) mass is 516 g/mol. The minimum Gasteiger partial charge on any atom is -0.490 e. The van der Waals surface area contributed by atoms with E-state index in [0.29, 0.717) is 30.4 Å². The van der Waals surface area contributed by atoms with Crippen molar-refractivity contribution in [2.45, 2.75) is 32.4 Å². The third kappa shape index (κ3) is 5.62. The van der Waals surface area contributed by atoms with E-state index in [1.807, 2.05) is 18.2 Å². The number of hydrazone groups is 1. The molecule has 1 amide bonds. The van der Waals surface area contributed by atoms with Crippen LogP contribution in [0.15, 0.2) is 64.2 Å². The Morgan fingerprint density at radius 3 is 2.50 bits per heavy atom. The number of thioether (sulfide) groups is 1. The van der Waals surface area contributed by atoms with E-state index in [-0.39, 0.29) is 22.5 Å². The van der Waals surface area contributed by atoms with Crippen LogP contribution in [-0.2, 0) is 4.79 Å². The minimum absolute atomic E-state index is 0.159. The number of carbonyl (C=O) groups is 1. The summed E-state index contributed by atoms with van der Waals surface area (Å²) in [5, 5.41) is 10.8. The van der Waals surface area contributed by atoms with Crippen LogP contribution in [0, 0.1) is 5.41 Å². The van der Waals surface area contributed by atoms with Crippen LogP contribution in [0.3, 0.4) is 0 Å². The molecule has 0 unspecified atom stereocenters. The summed E-state index contributed by atoms with van der Waals surface area (Å²) in [4.78, 5) is 16.0. The third-order valence-electron chi connectivity index (χ3n) is 5.56. The Balaban J connectivity index is 1.36. The van der Waals surface area contributed by atoms with Crippen molar-refractivity contribution < 1.29 is 27.4 Å². The number of para-hydroxylation sites is 1. The molecule has 2 heterocycles. The largest absolute Gasteiger partial charge is 0.490 e. The van der Waals surface area contributed by atoms with Gasteiger partial charge in [-0.15, -0.1) is 0 Å². The van der Waals surface area contributed by atoms with Gasteiger partial charge >= 0.3 is 6.18 Å². The Kier molecular flexibility index (Phi) is 7.48. The summed E-state index contributed by atoms with van der Waals surface area (Å²) in [7, 11) is 0. The highest BCUT2D eigenvalue weighted by atomic mass is 32.2. The molecule has 4 rings (SSSR count). The molecule has 0 saturated carbocycles. The number of aliphatic imine (C=N–C) groups is 1. The van der Waals surface area contributed by atoms with Gasteiger partial charge in [0.05, 0.1) is 5.57 Å². The van der Waals surface area contributed by atoms with Gasteiger partial charge in [0, 0.05) is 0 Å². The second kappa shape index (κ2) is 10.6. The van der Waals surface area contributed by atoms with Gasteiger partial charge < -0.3 is 9.47 Å². The van der Waals surface area contributed by atoms with Crippen molar-refractivity contribution in [1.29, 1.82) is 5.41 Å². The molecule has 188 valence electrons. The maximum atomic E-state index is 12.9. The van der Waals surface area contributed by atoms with Crippen molar-refractivity contribution >= 4 is 39.8 Å². The average molecular weight is 517 g/mol. The first-order valence-electron chi connectivity index (χ1n) is 11.2. The lowest BCUT2D eigenvalue weighted by molar-refractivity contribution is -0.114. The van der Waals surface area contributed by atoms with E-state index in [1.54, 1.807) is 24.3 Å². The molecule has 36 heavy (non-hydrogen) atoms. The number of amidine groups is 2. The average Bonchev–Trinajstić information content (AvgIpc) is 3.30. The number of carbonyl (C=O) groups excluding carboxylic acids is 1. The molecule has 1 atom stereocenters. The summed E-state index contributed by atoms with van der Waals surface area (Å²) in [6, 6.07) is 14.7. The molecule has 0 bridgehead atoms. The van der Waals surface area contributed by atoms with Gasteiger partial charge in [-0.05, 0) is 59.5 Å². The summed E-state index contributed by atoms with van der Waals surface area (Å²) in [5.41, 5.74) is 1.55. The standard InChI is InChI=1S/C25H23F3N4O3S/c1-3-15(2)18-6-4-5-7-20(18)35-13-12-34-17-10-8-16(9-11-17)14-19-21(29)32-24(30-22(19)33)36-23(31-32)25(26,27)28/h4-11,14-15,29H,3,12-13H2,1-2H3/b19-14-,29-21?/t15-/m1/s1. The lowest BCUT2D eigenvalue weighted by Gasteiger charge is -2.20. The maximum absolute atomic E-state index is 12.9. The summed E-state index contributed by atoms with van der Waals surface area (Å²) >= 11 is 0.216. The summed E-state index contributed by atoms with van der Waals surface area (Å²) in [5.74, 6) is 0.545. The highest BCUT2D eigenvalue weighted by molar-refractivity contribution is 8.27. The Labute approximate surface area is 210 Å². The predicted molar refractivity (Wildman–Crippen MR) is 134 cm³/mol. The molecule has 2 aromatic carbocycles. The molecule has 2 aliphatic rings. The van der Waals surface area contributed by atoms with Crippen molar-refractivity contribution in [2.75, 3.05) is 13.2 Å². The fourth-order valence-corrected chi connectivity index (χ4v) is 4.24. The zero-order valence-electron chi connectivity index (χ0n) is 19.5. The number of hydrogen-bond acceptors (Lipinski definition) is 6. The predicted octanol–water partition coefficient (Wildman–Crippen LogP) is 5.84. The van der Waals surface area contributed by atoms with E-state index in [0.717, 1.165) is 22.7 Å². The molecule has 7 nitrogen and oxygen atoms in total. The maximum Gasteiger partial charge on any atom is 0.441 e. The van der Waals surface area contributed by atoms with Crippen LogP contribution < -0.4 is 9.47 Å². The van der Waals surface area contributed by atoms with E-state index in [4.69, 9.17) is 14.9 Å². The van der Waals surface area contributed by atoms with Gasteiger partial charge in [0.1, 0.15) is 24.7 Å². The molecule has 0 saturated heterocycles.